The van der Waals surface area contributed by atoms with E-state index in [0.29, 0.717) is 0 Å². The zero-order valence-corrected chi connectivity index (χ0v) is 9.83. The van der Waals surface area contributed by atoms with E-state index in [1.54, 1.807) is 0 Å². The first-order valence-electron chi connectivity index (χ1n) is 5.68. The number of rotatable bonds is 8. The van der Waals surface area contributed by atoms with Crippen LogP contribution in [-0.2, 0) is 0 Å². The lowest BCUT2D eigenvalue weighted by molar-refractivity contribution is 0.458. The molecule has 1 nitrogen and oxygen atoms in total. The van der Waals surface area contributed by atoms with Crippen LogP contribution >= 0.6 is 11.8 Å². The van der Waals surface area contributed by atoms with Crippen LogP contribution in [0.5, 0.6) is 0 Å². The Morgan fingerprint density at radius 3 is 2.69 bits per heavy atom. The van der Waals surface area contributed by atoms with Gasteiger partial charge in [-0.3, -0.25) is 0 Å². The van der Waals surface area contributed by atoms with E-state index in [1.807, 2.05) is 11.8 Å². The van der Waals surface area contributed by atoms with Gasteiger partial charge in [0.15, 0.2) is 0 Å². The second kappa shape index (κ2) is 6.72. The molecule has 2 heteroatoms. The molecule has 1 aliphatic carbocycles. The number of nitrogens with one attached hydrogen (secondary N) is 1. The van der Waals surface area contributed by atoms with Crippen LogP contribution in [0.25, 0.3) is 0 Å². The predicted molar refractivity (Wildman–Crippen MR) is 62.4 cm³/mol. The van der Waals surface area contributed by atoms with Gasteiger partial charge in [-0.05, 0) is 24.5 Å². The molecular weight excluding hydrogens is 178 g/mol. The van der Waals surface area contributed by atoms with Crippen LogP contribution in [0.2, 0.25) is 0 Å². The van der Waals surface area contributed by atoms with Crippen molar-refractivity contribution in [2.75, 3.05) is 18.1 Å². The third-order valence-electron chi connectivity index (χ3n) is 2.69. The molecule has 1 fully saturated rings. The van der Waals surface area contributed by atoms with E-state index in [-0.39, 0.29) is 0 Å². The van der Waals surface area contributed by atoms with E-state index in [1.165, 1.54) is 43.7 Å². The minimum absolute atomic E-state index is 0.796. The number of thioether (sulfide) groups is 1. The Kier molecular flexibility index (Phi) is 5.88. The largest absolute Gasteiger partial charge is 0.313 e. The van der Waals surface area contributed by atoms with Crippen molar-refractivity contribution >= 4 is 11.8 Å². The van der Waals surface area contributed by atoms with Gasteiger partial charge in [0, 0.05) is 18.3 Å². The normalized spacial score (nSPS) is 18.9. The average Bonchev–Trinajstić information content (AvgIpc) is 2.94. The van der Waals surface area contributed by atoms with Crippen LogP contribution < -0.4 is 5.32 Å². The molecule has 0 radical (unpaired) electrons. The van der Waals surface area contributed by atoms with E-state index in [4.69, 9.17) is 0 Å². The summed E-state index contributed by atoms with van der Waals surface area (Å²) in [6, 6.07) is 0.796. The predicted octanol–water partition coefficient (Wildman–Crippen LogP) is 2.91. The zero-order chi connectivity index (χ0) is 9.52. The molecule has 1 rings (SSSR count). The summed E-state index contributed by atoms with van der Waals surface area (Å²) in [5, 5.41) is 3.65. The first-order valence-corrected chi connectivity index (χ1v) is 6.83. The summed E-state index contributed by atoms with van der Waals surface area (Å²) in [4.78, 5) is 0. The second-order valence-corrected chi connectivity index (χ2v) is 5.33. The number of hydrogen-bond donors (Lipinski definition) is 1. The Labute approximate surface area is 87.1 Å². The molecule has 1 unspecified atom stereocenters. The fraction of sp³-hybridized carbons (Fsp3) is 1.00. The van der Waals surface area contributed by atoms with Crippen LogP contribution in [0.4, 0.5) is 0 Å². The van der Waals surface area contributed by atoms with E-state index < -0.39 is 0 Å². The molecule has 1 atom stereocenters. The van der Waals surface area contributed by atoms with Gasteiger partial charge >= 0.3 is 0 Å². The molecule has 0 heterocycles. The maximum atomic E-state index is 3.65. The van der Waals surface area contributed by atoms with Crippen molar-refractivity contribution in [1.82, 2.24) is 5.32 Å². The van der Waals surface area contributed by atoms with Crippen molar-refractivity contribution in [2.45, 2.75) is 45.6 Å². The zero-order valence-electron chi connectivity index (χ0n) is 9.01. The topological polar surface area (TPSA) is 12.0 Å². The third kappa shape index (κ3) is 5.58. The van der Waals surface area contributed by atoms with Crippen LogP contribution in [0.1, 0.15) is 39.5 Å². The molecule has 1 aliphatic rings. The molecular formula is C11H23NS. The second-order valence-electron chi connectivity index (χ2n) is 3.94. The monoisotopic (exact) mass is 201 g/mol. The highest BCUT2D eigenvalue weighted by atomic mass is 32.2. The van der Waals surface area contributed by atoms with Gasteiger partial charge in [-0.2, -0.15) is 11.8 Å². The van der Waals surface area contributed by atoms with E-state index in [0.717, 1.165) is 12.0 Å². The third-order valence-corrected chi connectivity index (χ3v) is 3.59. The lowest BCUT2D eigenvalue weighted by atomic mass is 10.1. The van der Waals surface area contributed by atoms with E-state index in [2.05, 4.69) is 19.2 Å². The van der Waals surface area contributed by atoms with Gasteiger partial charge in [0.1, 0.15) is 0 Å². The van der Waals surface area contributed by atoms with Gasteiger partial charge in [-0.1, -0.05) is 26.7 Å². The Balaban J connectivity index is 1.94. The Bertz CT molecular complexity index is 123. The minimum Gasteiger partial charge on any atom is -0.313 e. The van der Waals surface area contributed by atoms with Crippen LogP contribution in [0, 0.1) is 5.92 Å². The summed E-state index contributed by atoms with van der Waals surface area (Å²) >= 11 is 2.03. The first-order chi connectivity index (χ1) is 6.36. The molecule has 1 N–H and O–H groups in total. The molecule has 1 saturated carbocycles. The molecule has 0 saturated heterocycles. The van der Waals surface area contributed by atoms with Gasteiger partial charge in [0.25, 0.3) is 0 Å². The minimum atomic E-state index is 0.796. The highest BCUT2D eigenvalue weighted by molar-refractivity contribution is 7.99. The summed E-state index contributed by atoms with van der Waals surface area (Å²) < 4.78 is 0. The fourth-order valence-corrected chi connectivity index (χ4v) is 2.18. The molecule has 0 aromatic rings. The molecule has 13 heavy (non-hydrogen) atoms. The molecule has 0 spiro atoms. The first kappa shape index (κ1) is 11.4. The highest BCUT2D eigenvalue weighted by Gasteiger charge is 2.24. The number of hydrogen-bond acceptors (Lipinski definition) is 2. The van der Waals surface area contributed by atoms with E-state index in [9.17, 15) is 0 Å². The standard InChI is InChI=1S/C11H23NS/c1-3-11(9-10-5-6-10)12-7-8-13-4-2/h10-12H,3-9H2,1-2H3. The SMILES string of the molecule is CCSCCNC(CC)CC1CC1. The molecule has 0 aromatic heterocycles. The van der Waals surface area contributed by atoms with Crippen molar-refractivity contribution in [1.29, 1.82) is 0 Å². The summed E-state index contributed by atoms with van der Waals surface area (Å²) in [6.07, 6.45) is 5.70. The summed E-state index contributed by atoms with van der Waals surface area (Å²) in [7, 11) is 0. The maximum absolute atomic E-state index is 3.65. The lowest BCUT2D eigenvalue weighted by Crippen LogP contribution is -2.30. The smallest absolute Gasteiger partial charge is 0.00674 e. The van der Waals surface area contributed by atoms with Crippen LogP contribution in [-0.4, -0.2) is 24.1 Å². The van der Waals surface area contributed by atoms with Gasteiger partial charge in [0.2, 0.25) is 0 Å². The van der Waals surface area contributed by atoms with Gasteiger partial charge in [-0.25, -0.2) is 0 Å². The molecule has 0 aromatic carbocycles. The van der Waals surface area contributed by atoms with Crippen molar-refractivity contribution in [2.24, 2.45) is 5.92 Å². The lowest BCUT2D eigenvalue weighted by Gasteiger charge is -2.16. The van der Waals surface area contributed by atoms with Crippen molar-refractivity contribution in [3.63, 3.8) is 0 Å². The quantitative estimate of drug-likeness (QED) is 0.606. The van der Waals surface area contributed by atoms with Crippen LogP contribution in [0.3, 0.4) is 0 Å². The highest BCUT2D eigenvalue weighted by Crippen LogP contribution is 2.33. The molecule has 0 amide bonds. The van der Waals surface area contributed by atoms with Crippen molar-refractivity contribution in [3.05, 3.63) is 0 Å². The summed E-state index contributed by atoms with van der Waals surface area (Å²) in [6.45, 7) is 5.73. The van der Waals surface area contributed by atoms with Gasteiger partial charge in [0.05, 0.1) is 0 Å². The Morgan fingerprint density at radius 2 is 2.15 bits per heavy atom. The molecule has 78 valence electrons. The summed E-state index contributed by atoms with van der Waals surface area (Å²) in [5.41, 5.74) is 0. The molecule has 0 bridgehead atoms. The Hall–Kier alpha value is 0.310. The van der Waals surface area contributed by atoms with Gasteiger partial charge in [-0.15, -0.1) is 0 Å². The average molecular weight is 201 g/mol. The van der Waals surface area contributed by atoms with Gasteiger partial charge < -0.3 is 5.32 Å². The summed E-state index contributed by atoms with van der Waals surface area (Å²) in [5.74, 6) is 3.59. The van der Waals surface area contributed by atoms with Crippen molar-refractivity contribution < 1.29 is 0 Å². The molecule has 0 aliphatic heterocycles. The van der Waals surface area contributed by atoms with Crippen molar-refractivity contribution in [3.8, 4) is 0 Å². The maximum Gasteiger partial charge on any atom is 0.00674 e. The van der Waals surface area contributed by atoms with E-state index >= 15 is 0 Å². The fourth-order valence-electron chi connectivity index (χ4n) is 1.63. The van der Waals surface area contributed by atoms with Crippen LogP contribution in [0.15, 0.2) is 0 Å². The Morgan fingerprint density at radius 1 is 1.38 bits per heavy atom.